The van der Waals surface area contributed by atoms with Crippen molar-refractivity contribution in [3.05, 3.63) is 57.2 Å². The number of nitrogens with one attached hydrogen (secondary N) is 1. The van der Waals surface area contributed by atoms with E-state index in [1.165, 1.54) is 29.7 Å². The van der Waals surface area contributed by atoms with E-state index in [-0.39, 0.29) is 0 Å². The normalized spacial score (nSPS) is 18.5. The number of hydrogen-bond donors (Lipinski definition) is 1. The van der Waals surface area contributed by atoms with Crippen LogP contribution < -0.4 is 5.32 Å². The number of benzene rings is 1. The van der Waals surface area contributed by atoms with Crippen LogP contribution in [-0.4, -0.2) is 13.1 Å². The summed E-state index contributed by atoms with van der Waals surface area (Å²) in [6, 6.07) is 15.6. The summed E-state index contributed by atoms with van der Waals surface area (Å²) in [5.74, 6) is 0. The molecule has 1 saturated carbocycles. The molecule has 0 saturated heterocycles. The molecule has 20 heavy (non-hydrogen) atoms. The molecule has 106 valence electrons. The zero-order chi connectivity index (χ0) is 14.0. The highest BCUT2D eigenvalue weighted by atomic mass is 35.5. The first-order chi connectivity index (χ1) is 9.74. The average molecular weight is 306 g/mol. The first kappa shape index (κ1) is 14.1. The molecule has 3 rings (SSSR count). The fraction of sp³-hybridized carbons (Fsp3) is 0.412. The second-order valence-electron chi connectivity index (χ2n) is 5.63. The van der Waals surface area contributed by atoms with Gasteiger partial charge in [-0.3, -0.25) is 0 Å². The number of thiophene rings is 1. The minimum Gasteiger partial charge on any atom is -0.316 e. The van der Waals surface area contributed by atoms with Crippen LogP contribution in [0.5, 0.6) is 0 Å². The minimum atomic E-state index is 0.298. The van der Waals surface area contributed by atoms with Crippen LogP contribution in [0.4, 0.5) is 0 Å². The molecule has 1 aromatic heterocycles. The number of halogens is 1. The van der Waals surface area contributed by atoms with Gasteiger partial charge in [-0.15, -0.1) is 11.3 Å². The van der Waals surface area contributed by atoms with E-state index >= 15 is 0 Å². The van der Waals surface area contributed by atoms with Gasteiger partial charge in [0.25, 0.3) is 0 Å². The third-order valence-electron chi connectivity index (χ3n) is 4.64. The van der Waals surface area contributed by atoms with Crippen molar-refractivity contribution in [3.63, 3.8) is 0 Å². The van der Waals surface area contributed by atoms with E-state index in [0.717, 1.165) is 10.8 Å². The highest BCUT2D eigenvalue weighted by molar-refractivity contribution is 7.16. The summed E-state index contributed by atoms with van der Waals surface area (Å²) in [7, 11) is 2.09. The summed E-state index contributed by atoms with van der Waals surface area (Å²) < 4.78 is 0.886. The van der Waals surface area contributed by atoms with Gasteiger partial charge in [-0.2, -0.15) is 0 Å². The molecule has 0 spiro atoms. The fourth-order valence-electron chi connectivity index (χ4n) is 3.40. The Balaban J connectivity index is 1.86. The van der Waals surface area contributed by atoms with Gasteiger partial charge in [-0.05, 0) is 44.0 Å². The summed E-state index contributed by atoms with van der Waals surface area (Å²) in [6.07, 6.45) is 4.95. The summed E-state index contributed by atoms with van der Waals surface area (Å²) in [5.41, 5.74) is 1.78. The van der Waals surface area contributed by atoms with E-state index in [0.29, 0.717) is 11.5 Å². The topological polar surface area (TPSA) is 12.0 Å². The largest absolute Gasteiger partial charge is 0.316 e. The van der Waals surface area contributed by atoms with Crippen molar-refractivity contribution in [2.45, 2.75) is 37.1 Å². The molecule has 0 aliphatic heterocycles. The molecule has 0 bridgehead atoms. The predicted octanol–water partition coefficient (Wildman–Crippen LogP) is 4.65. The Labute approximate surface area is 130 Å². The van der Waals surface area contributed by atoms with Gasteiger partial charge >= 0.3 is 0 Å². The van der Waals surface area contributed by atoms with E-state index in [4.69, 9.17) is 11.6 Å². The number of likely N-dealkylation sites (N-methyl/N-ethyl adjacent to an activating group) is 1. The molecule has 1 fully saturated rings. The zero-order valence-corrected chi connectivity index (χ0v) is 13.3. The summed E-state index contributed by atoms with van der Waals surface area (Å²) in [4.78, 5) is 1.37. The lowest BCUT2D eigenvalue weighted by molar-refractivity contribution is 0.174. The van der Waals surface area contributed by atoms with E-state index in [1.807, 2.05) is 6.07 Å². The Bertz CT molecular complexity index is 559. The number of hydrogen-bond acceptors (Lipinski definition) is 2. The fourth-order valence-corrected chi connectivity index (χ4v) is 4.54. The van der Waals surface area contributed by atoms with Crippen LogP contribution in [0.1, 0.15) is 29.7 Å². The molecule has 2 aromatic rings. The van der Waals surface area contributed by atoms with Gasteiger partial charge in [0, 0.05) is 16.3 Å². The van der Waals surface area contributed by atoms with Crippen molar-refractivity contribution >= 4 is 22.9 Å². The zero-order valence-electron chi connectivity index (χ0n) is 11.7. The molecule has 1 heterocycles. The van der Waals surface area contributed by atoms with E-state index in [9.17, 15) is 0 Å². The number of rotatable bonds is 5. The average Bonchev–Trinajstić information content (AvgIpc) is 2.83. The molecule has 1 nitrogen and oxygen atoms in total. The van der Waals surface area contributed by atoms with Crippen LogP contribution in [0, 0.1) is 0 Å². The Morgan fingerprint density at radius 3 is 2.45 bits per heavy atom. The molecular formula is C17H20ClNS. The second-order valence-corrected chi connectivity index (χ2v) is 7.43. The Hall–Kier alpha value is -0.830. The predicted molar refractivity (Wildman–Crippen MR) is 87.9 cm³/mol. The molecule has 1 aliphatic rings. The van der Waals surface area contributed by atoms with Crippen molar-refractivity contribution < 1.29 is 0 Å². The van der Waals surface area contributed by atoms with E-state index < -0.39 is 0 Å². The highest BCUT2D eigenvalue weighted by Crippen LogP contribution is 2.47. The maximum absolute atomic E-state index is 6.06. The monoisotopic (exact) mass is 305 g/mol. The minimum absolute atomic E-state index is 0.298. The van der Waals surface area contributed by atoms with Crippen molar-refractivity contribution in [3.8, 4) is 0 Å². The van der Waals surface area contributed by atoms with Gasteiger partial charge < -0.3 is 5.32 Å². The van der Waals surface area contributed by atoms with E-state index in [2.05, 4.69) is 48.8 Å². The standard InChI is InChI=1S/C17H20ClNS/c1-19-15(12-14-8-9-16(18)20-14)17(10-5-11-17)13-6-3-2-4-7-13/h2-4,6-9,15,19H,5,10-12H2,1H3. The first-order valence-electron chi connectivity index (χ1n) is 7.21. The molecule has 0 radical (unpaired) electrons. The van der Waals surface area contributed by atoms with Crippen molar-refractivity contribution in [2.24, 2.45) is 0 Å². The van der Waals surface area contributed by atoms with Gasteiger partial charge in [-0.1, -0.05) is 48.4 Å². The molecule has 1 N–H and O–H groups in total. The maximum atomic E-state index is 6.06. The first-order valence-corrected chi connectivity index (χ1v) is 8.41. The molecule has 1 atom stereocenters. The lowest BCUT2D eigenvalue weighted by Crippen LogP contribution is -2.52. The van der Waals surface area contributed by atoms with Crippen LogP contribution in [0.15, 0.2) is 42.5 Å². The third-order valence-corrected chi connectivity index (χ3v) is 5.90. The van der Waals surface area contributed by atoms with Gasteiger partial charge in [0.2, 0.25) is 0 Å². The molecule has 3 heteroatoms. The van der Waals surface area contributed by atoms with Crippen LogP contribution in [0.3, 0.4) is 0 Å². The second kappa shape index (κ2) is 5.88. The van der Waals surface area contributed by atoms with Gasteiger partial charge in [0.05, 0.1) is 4.34 Å². The summed E-state index contributed by atoms with van der Waals surface area (Å²) in [6.45, 7) is 0. The Morgan fingerprint density at radius 2 is 1.95 bits per heavy atom. The van der Waals surface area contributed by atoms with Gasteiger partial charge in [0.1, 0.15) is 0 Å². The Morgan fingerprint density at radius 1 is 1.20 bits per heavy atom. The molecule has 1 aliphatic carbocycles. The highest BCUT2D eigenvalue weighted by Gasteiger charge is 2.44. The maximum Gasteiger partial charge on any atom is 0.0931 e. The molecule has 0 amide bonds. The molecule has 1 unspecified atom stereocenters. The Kier molecular flexibility index (Phi) is 4.16. The van der Waals surface area contributed by atoms with Gasteiger partial charge in [-0.25, -0.2) is 0 Å². The molecule has 1 aromatic carbocycles. The smallest absolute Gasteiger partial charge is 0.0931 e. The van der Waals surface area contributed by atoms with Crippen LogP contribution >= 0.6 is 22.9 Å². The van der Waals surface area contributed by atoms with Crippen molar-refractivity contribution in [1.29, 1.82) is 0 Å². The van der Waals surface area contributed by atoms with E-state index in [1.54, 1.807) is 11.3 Å². The molecular weight excluding hydrogens is 286 g/mol. The lowest BCUT2D eigenvalue weighted by atomic mass is 9.59. The van der Waals surface area contributed by atoms with Crippen molar-refractivity contribution in [1.82, 2.24) is 5.32 Å². The van der Waals surface area contributed by atoms with Crippen LogP contribution in [-0.2, 0) is 11.8 Å². The lowest BCUT2D eigenvalue weighted by Gasteiger charge is -2.48. The third kappa shape index (κ3) is 2.52. The van der Waals surface area contributed by atoms with Crippen LogP contribution in [0.2, 0.25) is 4.34 Å². The van der Waals surface area contributed by atoms with Crippen molar-refractivity contribution in [2.75, 3.05) is 7.05 Å². The van der Waals surface area contributed by atoms with Crippen LogP contribution in [0.25, 0.3) is 0 Å². The summed E-state index contributed by atoms with van der Waals surface area (Å²) >= 11 is 7.77. The van der Waals surface area contributed by atoms with Gasteiger partial charge in [0.15, 0.2) is 0 Å². The quantitative estimate of drug-likeness (QED) is 0.847. The summed E-state index contributed by atoms with van der Waals surface area (Å²) in [5, 5.41) is 3.56. The SMILES string of the molecule is CNC(Cc1ccc(Cl)s1)C1(c2ccccc2)CCC1.